The van der Waals surface area contributed by atoms with Gasteiger partial charge in [-0.25, -0.2) is 8.42 Å². The lowest BCUT2D eigenvalue weighted by molar-refractivity contribution is -0.109. The quantitative estimate of drug-likeness (QED) is 0.788. The fraction of sp³-hybridized carbons (Fsp3) is 0.636. The van der Waals surface area contributed by atoms with Crippen LogP contribution in [-0.4, -0.2) is 36.1 Å². The molecule has 0 aliphatic carbocycles. The fourth-order valence-corrected chi connectivity index (χ4v) is 4.11. The third kappa shape index (κ3) is 2.40. The lowest BCUT2D eigenvalue weighted by Gasteiger charge is -2.11. The van der Waals surface area contributed by atoms with Crippen molar-refractivity contribution in [3.8, 4) is 0 Å². The van der Waals surface area contributed by atoms with Crippen molar-refractivity contribution in [3.05, 3.63) is 17.0 Å². The van der Waals surface area contributed by atoms with Gasteiger partial charge in [-0.15, -0.1) is 0 Å². The molecule has 1 N–H and O–H groups in total. The summed E-state index contributed by atoms with van der Waals surface area (Å²) in [6.45, 7) is 4.21. The van der Waals surface area contributed by atoms with E-state index in [4.69, 9.17) is 0 Å². The van der Waals surface area contributed by atoms with Gasteiger partial charge in [0.2, 0.25) is 6.41 Å². The molecule has 1 aliphatic rings. The lowest BCUT2D eigenvalue weighted by Crippen LogP contribution is -2.15. The van der Waals surface area contributed by atoms with Gasteiger partial charge in [0.25, 0.3) is 0 Å². The molecule has 1 atom stereocenters. The highest BCUT2D eigenvalue weighted by atomic mass is 32.2. The monoisotopic (exact) mass is 271 g/mol. The van der Waals surface area contributed by atoms with Gasteiger partial charge >= 0.3 is 0 Å². The van der Waals surface area contributed by atoms with Crippen molar-refractivity contribution in [1.29, 1.82) is 0 Å². The highest BCUT2D eigenvalue weighted by Crippen LogP contribution is 2.26. The van der Waals surface area contributed by atoms with Crippen molar-refractivity contribution in [3.63, 3.8) is 0 Å². The number of rotatable bonds is 4. The van der Waals surface area contributed by atoms with Crippen LogP contribution in [0.15, 0.2) is 0 Å². The van der Waals surface area contributed by atoms with E-state index in [-0.39, 0.29) is 17.5 Å². The molecule has 2 heterocycles. The standard InChI is InChI=1S/C11H17N3O3S/c1-8-11(5-12-7-15)9(2)14(13-8)10-3-4-18(16,17)6-10/h7,10H,3-6H2,1-2H3,(H,12,15). The van der Waals surface area contributed by atoms with Crippen molar-refractivity contribution < 1.29 is 13.2 Å². The van der Waals surface area contributed by atoms with Gasteiger partial charge < -0.3 is 5.32 Å². The SMILES string of the molecule is Cc1nn(C2CCS(=O)(=O)C2)c(C)c1CNC=O. The summed E-state index contributed by atoms with van der Waals surface area (Å²) in [5.74, 6) is 0.396. The Bertz CT molecular complexity index is 562. The van der Waals surface area contributed by atoms with Crippen LogP contribution in [0.25, 0.3) is 0 Å². The topological polar surface area (TPSA) is 81.1 Å². The van der Waals surface area contributed by atoms with E-state index in [1.807, 2.05) is 13.8 Å². The molecule has 100 valence electrons. The van der Waals surface area contributed by atoms with Gasteiger partial charge in [-0.05, 0) is 20.3 Å². The van der Waals surface area contributed by atoms with E-state index < -0.39 is 9.84 Å². The number of aryl methyl sites for hydroxylation is 1. The first-order chi connectivity index (χ1) is 8.44. The molecule has 0 aromatic carbocycles. The van der Waals surface area contributed by atoms with Crippen molar-refractivity contribution in [2.45, 2.75) is 32.9 Å². The third-order valence-electron chi connectivity index (χ3n) is 3.39. The Labute approximate surface area is 106 Å². The molecule has 2 rings (SSSR count). The maximum absolute atomic E-state index is 11.5. The van der Waals surface area contributed by atoms with Gasteiger partial charge in [0.05, 0.1) is 23.2 Å². The van der Waals surface area contributed by atoms with Gasteiger partial charge in [0.15, 0.2) is 9.84 Å². The van der Waals surface area contributed by atoms with Crippen molar-refractivity contribution in [2.24, 2.45) is 0 Å². The molecule has 0 bridgehead atoms. The second-order valence-corrected chi connectivity index (χ2v) is 6.88. The summed E-state index contributed by atoms with van der Waals surface area (Å²) < 4.78 is 24.8. The van der Waals surface area contributed by atoms with E-state index >= 15 is 0 Å². The number of nitrogens with zero attached hydrogens (tertiary/aromatic N) is 2. The van der Waals surface area contributed by atoms with Crippen LogP contribution in [-0.2, 0) is 21.2 Å². The predicted octanol–water partition coefficient (Wildman–Crippen LogP) is 0.106. The van der Waals surface area contributed by atoms with Crippen molar-refractivity contribution >= 4 is 16.2 Å². The average molecular weight is 271 g/mol. The van der Waals surface area contributed by atoms with E-state index in [2.05, 4.69) is 10.4 Å². The maximum atomic E-state index is 11.5. The minimum Gasteiger partial charge on any atom is -0.354 e. The Morgan fingerprint density at radius 2 is 2.22 bits per heavy atom. The van der Waals surface area contributed by atoms with Crippen LogP contribution in [0.2, 0.25) is 0 Å². The molecular weight excluding hydrogens is 254 g/mol. The van der Waals surface area contributed by atoms with E-state index in [1.54, 1.807) is 4.68 Å². The van der Waals surface area contributed by atoms with Gasteiger partial charge in [-0.3, -0.25) is 9.48 Å². The zero-order valence-corrected chi connectivity index (χ0v) is 11.3. The molecule has 6 nitrogen and oxygen atoms in total. The predicted molar refractivity (Wildman–Crippen MR) is 66.9 cm³/mol. The summed E-state index contributed by atoms with van der Waals surface area (Å²) in [5.41, 5.74) is 2.74. The molecule has 0 radical (unpaired) electrons. The van der Waals surface area contributed by atoms with Crippen LogP contribution in [0.1, 0.15) is 29.4 Å². The molecular formula is C11H17N3O3S. The van der Waals surface area contributed by atoms with E-state index in [0.717, 1.165) is 17.0 Å². The molecule has 7 heteroatoms. The van der Waals surface area contributed by atoms with Crippen LogP contribution >= 0.6 is 0 Å². The minimum absolute atomic E-state index is 0.0707. The zero-order valence-electron chi connectivity index (χ0n) is 10.5. The smallest absolute Gasteiger partial charge is 0.207 e. The van der Waals surface area contributed by atoms with Gasteiger partial charge in [-0.2, -0.15) is 5.10 Å². The second-order valence-electron chi connectivity index (χ2n) is 4.65. The average Bonchev–Trinajstić information content (AvgIpc) is 2.78. The third-order valence-corrected chi connectivity index (χ3v) is 5.14. The Hall–Kier alpha value is -1.37. The molecule has 0 spiro atoms. The molecule has 1 aliphatic heterocycles. The number of hydrogen-bond donors (Lipinski definition) is 1. The van der Waals surface area contributed by atoms with Gasteiger partial charge in [0.1, 0.15) is 0 Å². The highest BCUT2D eigenvalue weighted by molar-refractivity contribution is 7.91. The van der Waals surface area contributed by atoms with Gasteiger partial charge in [0, 0.05) is 17.8 Å². The van der Waals surface area contributed by atoms with Crippen molar-refractivity contribution in [1.82, 2.24) is 15.1 Å². The Kier molecular flexibility index (Phi) is 3.43. The number of amides is 1. The number of nitrogens with one attached hydrogen (secondary N) is 1. The number of carbonyl (C=O) groups excluding carboxylic acids is 1. The zero-order chi connectivity index (χ0) is 13.3. The number of sulfone groups is 1. The van der Waals surface area contributed by atoms with E-state index in [9.17, 15) is 13.2 Å². The summed E-state index contributed by atoms with van der Waals surface area (Å²) in [7, 11) is -2.91. The number of hydrogen-bond acceptors (Lipinski definition) is 4. The van der Waals surface area contributed by atoms with E-state index in [1.165, 1.54) is 0 Å². The minimum atomic E-state index is -2.91. The molecule has 1 aromatic rings. The molecule has 1 amide bonds. The summed E-state index contributed by atoms with van der Waals surface area (Å²) in [6.07, 6.45) is 1.26. The molecule has 18 heavy (non-hydrogen) atoms. The second kappa shape index (κ2) is 4.72. The van der Waals surface area contributed by atoms with E-state index in [0.29, 0.717) is 19.4 Å². The first kappa shape index (κ1) is 13.1. The summed E-state index contributed by atoms with van der Waals surface area (Å²) in [5, 5.41) is 7.02. The Morgan fingerprint density at radius 1 is 1.50 bits per heavy atom. The normalized spacial score (nSPS) is 22.0. The Morgan fingerprint density at radius 3 is 2.78 bits per heavy atom. The first-order valence-electron chi connectivity index (χ1n) is 5.86. The fourth-order valence-electron chi connectivity index (χ4n) is 2.42. The molecule has 1 aromatic heterocycles. The van der Waals surface area contributed by atoms with Crippen LogP contribution in [0.4, 0.5) is 0 Å². The summed E-state index contributed by atoms with van der Waals surface area (Å²) >= 11 is 0. The molecule has 1 saturated heterocycles. The first-order valence-corrected chi connectivity index (χ1v) is 7.69. The molecule has 1 unspecified atom stereocenters. The largest absolute Gasteiger partial charge is 0.354 e. The number of carbonyl (C=O) groups is 1. The van der Waals surface area contributed by atoms with Crippen LogP contribution in [0.3, 0.4) is 0 Å². The van der Waals surface area contributed by atoms with Crippen LogP contribution in [0.5, 0.6) is 0 Å². The van der Waals surface area contributed by atoms with Crippen LogP contribution < -0.4 is 5.32 Å². The van der Waals surface area contributed by atoms with Gasteiger partial charge in [-0.1, -0.05) is 0 Å². The highest BCUT2D eigenvalue weighted by Gasteiger charge is 2.31. The number of aromatic nitrogens is 2. The Balaban J connectivity index is 2.27. The van der Waals surface area contributed by atoms with Crippen molar-refractivity contribution in [2.75, 3.05) is 11.5 Å². The summed E-state index contributed by atoms with van der Waals surface area (Å²) in [4.78, 5) is 10.3. The molecule has 1 fully saturated rings. The lowest BCUT2D eigenvalue weighted by atomic mass is 10.2. The van der Waals surface area contributed by atoms with Crippen LogP contribution in [0, 0.1) is 13.8 Å². The maximum Gasteiger partial charge on any atom is 0.207 e. The molecule has 0 saturated carbocycles. The summed E-state index contributed by atoms with van der Waals surface area (Å²) in [6, 6.07) is -0.0707.